The van der Waals surface area contributed by atoms with E-state index >= 15 is 0 Å². The summed E-state index contributed by atoms with van der Waals surface area (Å²) in [6.45, 7) is 4.24. The fraction of sp³-hybridized carbons (Fsp3) is 0.375. The van der Waals surface area contributed by atoms with Crippen molar-refractivity contribution in [3.63, 3.8) is 0 Å². The molecule has 2 rings (SSSR count). The zero-order valence-corrected chi connectivity index (χ0v) is 13.3. The van der Waals surface area contributed by atoms with Gasteiger partial charge in [0.25, 0.3) is 0 Å². The molecule has 0 atom stereocenters. The number of methoxy groups -OCH3 is 2. The number of amides is 1. The quantitative estimate of drug-likeness (QED) is 0.854. The third-order valence-electron chi connectivity index (χ3n) is 3.56. The predicted molar refractivity (Wildman–Crippen MR) is 83.2 cm³/mol. The maximum atomic E-state index is 12.1. The minimum atomic E-state index is -0.0395. The first-order valence-electron chi connectivity index (χ1n) is 7.03. The van der Waals surface area contributed by atoms with Crippen LogP contribution in [0.1, 0.15) is 22.5 Å². The molecule has 0 fully saturated rings. The summed E-state index contributed by atoms with van der Waals surface area (Å²) in [6.07, 6.45) is 0.321. The van der Waals surface area contributed by atoms with E-state index in [1.54, 1.807) is 14.2 Å². The molecule has 1 aromatic heterocycles. The Hall–Kier alpha value is -2.50. The number of hydrogen-bond acceptors (Lipinski definition) is 4. The van der Waals surface area contributed by atoms with Crippen LogP contribution in [0.25, 0.3) is 0 Å². The molecule has 0 aliphatic heterocycles. The van der Waals surface area contributed by atoms with Crippen molar-refractivity contribution in [3.8, 4) is 11.5 Å². The number of aryl methyl sites for hydroxylation is 2. The second kappa shape index (κ2) is 6.98. The van der Waals surface area contributed by atoms with Crippen molar-refractivity contribution in [2.45, 2.75) is 26.8 Å². The van der Waals surface area contributed by atoms with Crippen molar-refractivity contribution >= 4 is 5.91 Å². The van der Waals surface area contributed by atoms with E-state index in [0.717, 1.165) is 22.5 Å². The van der Waals surface area contributed by atoms with Crippen LogP contribution in [-0.2, 0) is 17.8 Å². The van der Waals surface area contributed by atoms with Gasteiger partial charge in [-0.2, -0.15) is 5.10 Å². The summed E-state index contributed by atoms with van der Waals surface area (Å²) in [5.41, 5.74) is 3.69. The van der Waals surface area contributed by atoms with E-state index in [4.69, 9.17) is 9.47 Å². The van der Waals surface area contributed by atoms with E-state index in [0.29, 0.717) is 24.5 Å². The molecule has 0 saturated carbocycles. The van der Waals surface area contributed by atoms with Crippen LogP contribution >= 0.6 is 0 Å². The number of nitrogens with one attached hydrogen (secondary N) is 2. The van der Waals surface area contributed by atoms with Gasteiger partial charge in [-0.3, -0.25) is 9.89 Å². The van der Waals surface area contributed by atoms with Gasteiger partial charge in [0, 0.05) is 17.8 Å². The number of benzene rings is 1. The summed E-state index contributed by atoms with van der Waals surface area (Å²) in [6, 6.07) is 5.58. The second-order valence-electron chi connectivity index (χ2n) is 5.06. The first-order valence-corrected chi connectivity index (χ1v) is 7.03. The number of H-pyrrole nitrogens is 1. The van der Waals surface area contributed by atoms with Crippen molar-refractivity contribution in [1.29, 1.82) is 0 Å². The zero-order valence-electron chi connectivity index (χ0n) is 13.3. The van der Waals surface area contributed by atoms with Crippen molar-refractivity contribution in [3.05, 3.63) is 40.7 Å². The fourth-order valence-corrected chi connectivity index (χ4v) is 2.25. The number of nitrogens with zero attached hydrogens (tertiary/aromatic N) is 1. The van der Waals surface area contributed by atoms with Crippen molar-refractivity contribution in [2.24, 2.45) is 0 Å². The van der Waals surface area contributed by atoms with Gasteiger partial charge in [0.05, 0.1) is 26.3 Å². The third kappa shape index (κ3) is 3.58. The molecule has 0 unspecified atom stereocenters. The van der Waals surface area contributed by atoms with Crippen LogP contribution in [0.2, 0.25) is 0 Å². The third-order valence-corrected chi connectivity index (χ3v) is 3.56. The van der Waals surface area contributed by atoms with Gasteiger partial charge in [0.2, 0.25) is 5.91 Å². The van der Waals surface area contributed by atoms with Gasteiger partial charge >= 0.3 is 0 Å². The van der Waals surface area contributed by atoms with Crippen molar-refractivity contribution in [1.82, 2.24) is 15.5 Å². The molecular formula is C16H21N3O3. The zero-order chi connectivity index (χ0) is 16.1. The molecule has 6 nitrogen and oxygen atoms in total. The summed E-state index contributed by atoms with van der Waals surface area (Å²) < 4.78 is 10.4. The van der Waals surface area contributed by atoms with Crippen LogP contribution in [0, 0.1) is 13.8 Å². The number of ether oxygens (including phenoxy) is 2. The first kappa shape index (κ1) is 15.9. The molecule has 2 aromatic rings. The van der Waals surface area contributed by atoms with Crippen LogP contribution in [-0.4, -0.2) is 30.3 Å². The molecule has 22 heavy (non-hydrogen) atoms. The SMILES string of the molecule is COc1ccc(CNC(=O)Cc2c(C)n[nH]c2C)cc1OC. The Morgan fingerprint density at radius 3 is 2.55 bits per heavy atom. The predicted octanol–water partition coefficient (Wildman–Crippen LogP) is 1.90. The van der Waals surface area contributed by atoms with Crippen molar-refractivity contribution < 1.29 is 14.3 Å². The molecule has 1 amide bonds. The Kier molecular flexibility index (Phi) is 5.04. The van der Waals surface area contributed by atoms with Gasteiger partial charge in [-0.15, -0.1) is 0 Å². The molecule has 0 spiro atoms. The summed E-state index contributed by atoms with van der Waals surface area (Å²) in [5.74, 6) is 1.28. The molecule has 0 aliphatic rings. The maximum absolute atomic E-state index is 12.1. The lowest BCUT2D eigenvalue weighted by molar-refractivity contribution is -0.120. The maximum Gasteiger partial charge on any atom is 0.224 e. The van der Waals surface area contributed by atoms with E-state index in [1.807, 2.05) is 32.0 Å². The summed E-state index contributed by atoms with van der Waals surface area (Å²) in [7, 11) is 3.18. The van der Waals surface area contributed by atoms with E-state index < -0.39 is 0 Å². The lowest BCUT2D eigenvalue weighted by Gasteiger charge is -2.10. The highest BCUT2D eigenvalue weighted by Gasteiger charge is 2.11. The summed E-state index contributed by atoms with van der Waals surface area (Å²) in [4.78, 5) is 12.1. The topological polar surface area (TPSA) is 76.2 Å². The minimum Gasteiger partial charge on any atom is -0.493 e. The van der Waals surface area contributed by atoms with Crippen LogP contribution in [0.4, 0.5) is 0 Å². The van der Waals surface area contributed by atoms with E-state index in [9.17, 15) is 4.79 Å². The average Bonchev–Trinajstić information content (AvgIpc) is 2.84. The Bertz CT molecular complexity index is 645. The fourth-order valence-electron chi connectivity index (χ4n) is 2.25. The van der Waals surface area contributed by atoms with Gasteiger partial charge in [-0.25, -0.2) is 0 Å². The molecule has 0 radical (unpaired) electrons. The average molecular weight is 303 g/mol. The van der Waals surface area contributed by atoms with Crippen LogP contribution in [0.15, 0.2) is 18.2 Å². The van der Waals surface area contributed by atoms with Gasteiger partial charge in [-0.05, 0) is 31.5 Å². The molecule has 1 aromatic carbocycles. The van der Waals surface area contributed by atoms with Gasteiger partial charge in [0.1, 0.15) is 0 Å². The lowest BCUT2D eigenvalue weighted by atomic mass is 10.1. The van der Waals surface area contributed by atoms with Gasteiger partial charge in [0.15, 0.2) is 11.5 Å². The molecule has 0 saturated heterocycles. The minimum absolute atomic E-state index is 0.0395. The van der Waals surface area contributed by atoms with Crippen LogP contribution in [0.5, 0.6) is 11.5 Å². The van der Waals surface area contributed by atoms with Crippen LogP contribution < -0.4 is 14.8 Å². The highest BCUT2D eigenvalue weighted by atomic mass is 16.5. The number of aromatic nitrogens is 2. The van der Waals surface area contributed by atoms with E-state index in [-0.39, 0.29) is 5.91 Å². The second-order valence-corrected chi connectivity index (χ2v) is 5.06. The van der Waals surface area contributed by atoms with E-state index in [1.165, 1.54) is 0 Å². The Morgan fingerprint density at radius 2 is 1.95 bits per heavy atom. The Morgan fingerprint density at radius 1 is 1.23 bits per heavy atom. The molecule has 6 heteroatoms. The molecular weight excluding hydrogens is 282 g/mol. The Labute approximate surface area is 129 Å². The molecule has 2 N–H and O–H groups in total. The van der Waals surface area contributed by atoms with Crippen LogP contribution in [0.3, 0.4) is 0 Å². The number of hydrogen-bond donors (Lipinski definition) is 2. The molecule has 118 valence electrons. The smallest absolute Gasteiger partial charge is 0.224 e. The number of aromatic amines is 1. The number of rotatable bonds is 6. The van der Waals surface area contributed by atoms with Gasteiger partial charge in [-0.1, -0.05) is 6.07 Å². The largest absolute Gasteiger partial charge is 0.493 e. The van der Waals surface area contributed by atoms with Crippen molar-refractivity contribution in [2.75, 3.05) is 14.2 Å². The highest BCUT2D eigenvalue weighted by Crippen LogP contribution is 2.27. The molecule has 1 heterocycles. The lowest BCUT2D eigenvalue weighted by Crippen LogP contribution is -2.25. The monoisotopic (exact) mass is 303 g/mol. The standard InChI is InChI=1S/C16H21N3O3/c1-10-13(11(2)19-18-10)8-16(20)17-9-12-5-6-14(21-3)15(7-12)22-4/h5-7H,8-9H2,1-4H3,(H,17,20)(H,18,19). The normalized spacial score (nSPS) is 10.4. The van der Waals surface area contributed by atoms with E-state index in [2.05, 4.69) is 15.5 Å². The molecule has 0 aliphatic carbocycles. The first-order chi connectivity index (χ1) is 10.5. The van der Waals surface area contributed by atoms with Gasteiger partial charge < -0.3 is 14.8 Å². The number of carbonyl (C=O) groups is 1. The summed E-state index contributed by atoms with van der Waals surface area (Å²) in [5, 5.41) is 9.88. The summed E-state index contributed by atoms with van der Waals surface area (Å²) >= 11 is 0. The highest BCUT2D eigenvalue weighted by molar-refractivity contribution is 5.79. The number of carbonyl (C=O) groups excluding carboxylic acids is 1. The molecule has 0 bridgehead atoms. The Balaban J connectivity index is 1.96.